The van der Waals surface area contributed by atoms with Crippen LogP contribution in [0.25, 0.3) is 11.4 Å². The highest BCUT2D eigenvalue weighted by atomic mass is 16.5. The van der Waals surface area contributed by atoms with Crippen molar-refractivity contribution < 1.29 is 19.0 Å². The van der Waals surface area contributed by atoms with Crippen LogP contribution in [0.5, 0.6) is 17.2 Å². The molecule has 7 nitrogen and oxygen atoms in total. The van der Waals surface area contributed by atoms with Crippen molar-refractivity contribution in [2.24, 2.45) is 0 Å². The molecule has 7 heteroatoms. The minimum atomic E-state index is -0.114. The number of nitrogens with zero attached hydrogens (tertiary/aromatic N) is 2. The zero-order valence-corrected chi connectivity index (χ0v) is 19.5. The Morgan fingerprint density at radius 3 is 2.55 bits per heavy atom. The number of methoxy groups -OCH3 is 2. The van der Waals surface area contributed by atoms with Crippen LogP contribution in [0.15, 0.2) is 42.5 Å². The maximum Gasteiger partial charge on any atom is 0.220 e. The third-order valence-corrected chi connectivity index (χ3v) is 5.67. The first-order chi connectivity index (χ1) is 16.0. The molecule has 1 unspecified atom stereocenters. The van der Waals surface area contributed by atoms with Crippen molar-refractivity contribution in [1.29, 1.82) is 0 Å². The van der Waals surface area contributed by atoms with E-state index in [4.69, 9.17) is 14.2 Å². The molecule has 2 heterocycles. The van der Waals surface area contributed by atoms with Crippen LogP contribution in [0.2, 0.25) is 0 Å². The highest BCUT2D eigenvalue weighted by Gasteiger charge is 2.27. The van der Waals surface area contributed by atoms with E-state index < -0.39 is 0 Å². The summed E-state index contributed by atoms with van der Waals surface area (Å²) in [5, 5.41) is 3.01. The van der Waals surface area contributed by atoms with Gasteiger partial charge in [0, 0.05) is 24.2 Å². The van der Waals surface area contributed by atoms with Crippen molar-refractivity contribution >= 4 is 5.91 Å². The van der Waals surface area contributed by atoms with E-state index in [1.54, 1.807) is 14.2 Å². The first-order valence-electron chi connectivity index (χ1n) is 11.1. The largest absolute Gasteiger partial charge is 0.493 e. The number of carbonyl (C=O) groups is 1. The molecule has 1 aromatic heterocycles. The van der Waals surface area contributed by atoms with Crippen molar-refractivity contribution in [1.82, 2.24) is 15.3 Å². The van der Waals surface area contributed by atoms with Gasteiger partial charge in [-0.3, -0.25) is 4.79 Å². The number of fused-ring (bicyclic) bond motifs is 1. The van der Waals surface area contributed by atoms with Gasteiger partial charge in [0.1, 0.15) is 11.9 Å². The summed E-state index contributed by atoms with van der Waals surface area (Å²) in [6, 6.07) is 13.7. The Morgan fingerprint density at radius 2 is 1.82 bits per heavy atom. The molecule has 0 spiro atoms. The van der Waals surface area contributed by atoms with Gasteiger partial charge in [-0.15, -0.1) is 0 Å². The zero-order chi connectivity index (χ0) is 23.4. The van der Waals surface area contributed by atoms with Gasteiger partial charge in [-0.25, -0.2) is 9.97 Å². The van der Waals surface area contributed by atoms with E-state index in [0.717, 1.165) is 40.2 Å². The molecule has 0 radical (unpaired) electrons. The third-order valence-electron chi connectivity index (χ3n) is 5.67. The van der Waals surface area contributed by atoms with Crippen LogP contribution in [0.1, 0.15) is 28.9 Å². The van der Waals surface area contributed by atoms with Crippen LogP contribution in [0, 0.1) is 13.8 Å². The monoisotopic (exact) mass is 447 g/mol. The predicted octanol–water partition coefficient (Wildman–Crippen LogP) is 3.83. The lowest BCUT2D eigenvalue weighted by Crippen LogP contribution is -2.34. The number of benzene rings is 2. The number of hydrogen-bond donors (Lipinski definition) is 1. The lowest BCUT2D eigenvalue weighted by Gasteiger charge is -2.14. The fourth-order valence-corrected chi connectivity index (χ4v) is 4.08. The second-order valence-corrected chi connectivity index (χ2v) is 8.21. The minimum absolute atomic E-state index is 0.0118. The molecule has 1 atom stereocenters. The lowest BCUT2D eigenvalue weighted by molar-refractivity contribution is -0.121. The molecule has 33 heavy (non-hydrogen) atoms. The quantitative estimate of drug-likeness (QED) is 0.565. The first kappa shape index (κ1) is 22.6. The molecule has 1 aliphatic rings. The Kier molecular flexibility index (Phi) is 6.77. The fraction of sp³-hybridized carbons (Fsp3) is 0.346. The first-order valence-corrected chi connectivity index (χ1v) is 11.1. The van der Waals surface area contributed by atoms with E-state index in [9.17, 15) is 4.79 Å². The average molecular weight is 448 g/mol. The molecule has 172 valence electrons. The summed E-state index contributed by atoms with van der Waals surface area (Å²) in [5.41, 5.74) is 4.87. The van der Waals surface area contributed by atoms with Gasteiger partial charge in [0.05, 0.1) is 26.3 Å². The Labute approximate surface area is 194 Å². The number of carbonyl (C=O) groups excluding carboxylic acids is 1. The average Bonchev–Trinajstić information content (AvgIpc) is 3.23. The summed E-state index contributed by atoms with van der Waals surface area (Å²) in [6.07, 6.45) is 1.63. The fourth-order valence-electron chi connectivity index (χ4n) is 4.08. The van der Waals surface area contributed by atoms with Crippen LogP contribution < -0.4 is 19.5 Å². The number of hydrogen-bond acceptors (Lipinski definition) is 6. The van der Waals surface area contributed by atoms with Gasteiger partial charge in [0.25, 0.3) is 0 Å². The topological polar surface area (TPSA) is 82.6 Å². The molecule has 1 aliphatic heterocycles. The van der Waals surface area contributed by atoms with Crippen molar-refractivity contribution in [3.63, 3.8) is 0 Å². The van der Waals surface area contributed by atoms with Gasteiger partial charge >= 0.3 is 0 Å². The van der Waals surface area contributed by atoms with E-state index >= 15 is 0 Å². The van der Waals surface area contributed by atoms with Gasteiger partial charge in [0.2, 0.25) is 5.91 Å². The maximum atomic E-state index is 12.4. The SMILES string of the molecule is COc1ccc(CCC(=O)NCC2Cc3cccc(-c4nc(C)cc(C)n4)c3O2)cc1OC. The van der Waals surface area contributed by atoms with E-state index in [0.29, 0.717) is 36.7 Å². The standard InChI is InChI=1S/C26H29N3O4/c1-16-12-17(2)29-26(28-16)21-7-5-6-19-14-20(33-25(19)21)15-27-24(30)11-9-18-8-10-22(31-3)23(13-18)32-4/h5-8,10,12-13,20H,9,11,14-15H2,1-4H3,(H,27,30). The number of ether oxygens (including phenoxy) is 3. The molecule has 2 aromatic carbocycles. The van der Waals surface area contributed by atoms with Gasteiger partial charge < -0.3 is 19.5 Å². The highest BCUT2D eigenvalue weighted by Crippen LogP contribution is 2.37. The van der Waals surface area contributed by atoms with Crippen LogP contribution in [0.3, 0.4) is 0 Å². The van der Waals surface area contributed by atoms with Crippen LogP contribution >= 0.6 is 0 Å². The molecule has 0 saturated carbocycles. The van der Waals surface area contributed by atoms with Crippen molar-refractivity contribution in [2.45, 2.75) is 39.2 Å². The van der Waals surface area contributed by atoms with E-state index in [1.807, 2.05) is 50.2 Å². The lowest BCUT2D eigenvalue weighted by atomic mass is 10.1. The molecule has 0 aliphatic carbocycles. The summed E-state index contributed by atoms with van der Waals surface area (Å²) < 4.78 is 16.8. The van der Waals surface area contributed by atoms with Crippen LogP contribution in [-0.2, 0) is 17.6 Å². The number of aromatic nitrogens is 2. The third kappa shape index (κ3) is 5.25. The summed E-state index contributed by atoms with van der Waals surface area (Å²) in [5.74, 6) is 2.81. The van der Waals surface area contributed by atoms with Gasteiger partial charge in [-0.1, -0.05) is 18.2 Å². The second kappa shape index (κ2) is 9.90. The summed E-state index contributed by atoms with van der Waals surface area (Å²) in [7, 11) is 3.21. The molecular weight excluding hydrogens is 418 g/mol. The second-order valence-electron chi connectivity index (χ2n) is 8.21. The van der Waals surface area contributed by atoms with E-state index in [-0.39, 0.29) is 12.0 Å². The molecule has 0 bridgehead atoms. The number of aryl methyl sites for hydroxylation is 3. The highest BCUT2D eigenvalue weighted by molar-refractivity contribution is 5.76. The number of amides is 1. The molecule has 3 aromatic rings. The Morgan fingerprint density at radius 1 is 1.06 bits per heavy atom. The molecule has 1 N–H and O–H groups in total. The molecular formula is C26H29N3O4. The van der Waals surface area contributed by atoms with Gasteiger partial charge in [-0.05, 0) is 55.7 Å². The number of nitrogens with one attached hydrogen (secondary N) is 1. The molecule has 0 fully saturated rings. The normalized spacial score (nSPS) is 14.4. The zero-order valence-electron chi connectivity index (χ0n) is 19.5. The maximum absolute atomic E-state index is 12.4. The summed E-state index contributed by atoms with van der Waals surface area (Å²) in [4.78, 5) is 21.6. The van der Waals surface area contributed by atoms with Crippen molar-refractivity contribution in [3.05, 3.63) is 65.0 Å². The number of para-hydroxylation sites is 1. The van der Waals surface area contributed by atoms with Crippen molar-refractivity contribution in [3.8, 4) is 28.6 Å². The Bertz CT molecular complexity index is 1140. The Hall–Kier alpha value is -3.61. The van der Waals surface area contributed by atoms with E-state index in [1.165, 1.54) is 0 Å². The molecule has 0 saturated heterocycles. The van der Waals surface area contributed by atoms with E-state index in [2.05, 4.69) is 21.4 Å². The van der Waals surface area contributed by atoms with Crippen molar-refractivity contribution in [2.75, 3.05) is 20.8 Å². The minimum Gasteiger partial charge on any atom is -0.493 e. The van der Waals surface area contributed by atoms with Gasteiger partial charge in [-0.2, -0.15) is 0 Å². The van der Waals surface area contributed by atoms with Crippen LogP contribution in [-0.4, -0.2) is 42.7 Å². The molecule has 1 amide bonds. The smallest absolute Gasteiger partial charge is 0.220 e. The predicted molar refractivity (Wildman–Crippen MR) is 126 cm³/mol. The number of rotatable bonds is 8. The van der Waals surface area contributed by atoms with Gasteiger partial charge in [0.15, 0.2) is 17.3 Å². The summed E-state index contributed by atoms with van der Waals surface area (Å²) >= 11 is 0. The van der Waals surface area contributed by atoms with Crippen LogP contribution in [0.4, 0.5) is 0 Å². The summed E-state index contributed by atoms with van der Waals surface area (Å²) in [6.45, 7) is 4.37. The Balaban J connectivity index is 1.34. The molecule has 4 rings (SSSR count).